The van der Waals surface area contributed by atoms with E-state index < -0.39 is 17.2 Å². The van der Waals surface area contributed by atoms with Gasteiger partial charge in [-0.2, -0.15) is 0 Å². The lowest BCUT2D eigenvalue weighted by Crippen LogP contribution is -2.40. The van der Waals surface area contributed by atoms with Crippen molar-refractivity contribution in [3.8, 4) is 5.75 Å². The Morgan fingerprint density at radius 1 is 1.29 bits per heavy atom. The minimum absolute atomic E-state index is 0. The standard InChI is InChI=1S/C21H24FN3O4.ClH.H2O/c1-29-20-17-13(19(26)14(21(27)28)9-25(17)12-4-5-12)7-15(22)18(20)24-8-11-3-2-6-23-16(11)10-24;;/h7,9,11-12,16,23H,2-6,8,10H2,1H3,(H,27,28);1H;1H2. The maximum Gasteiger partial charge on any atom is 0.341 e. The van der Waals surface area contributed by atoms with Crippen molar-refractivity contribution in [1.82, 2.24) is 9.88 Å². The molecule has 0 bridgehead atoms. The molecule has 0 radical (unpaired) electrons. The molecule has 2 aliphatic heterocycles. The maximum atomic E-state index is 15.3. The number of carbonyl (C=O) groups is 1. The van der Waals surface area contributed by atoms with Crippen molar-refractivity contribution in [2.75, 3.05) is 31.6 Å². The number of aromatic nitrogens is 1. The number of fused-ring (bicyclic) bond motifs is 2. The van der Waals surface area contributed by atoms with E-state index in [1.54, 1.807) is 4.57 Å². The Hall–Kier alpha value is -2.36. The van der Waals surface area contributed by atoms with Crippen LogP contribution >= 0.6 is 12.4 Å². The average Bonchev–Trinajstić information content (AvgIpc) is 3.45. The lowest BCUT2D eigenvalue weighted by atomic mass is 9.94. The predicted molar refractivity (Wildman–Crippen MR) is 118 cm³/mol. The Labute approximate surface area is 184 Å². The van der Waals surface area contributed by atoms with Crippen LogP contribution in [0.4, 0.5) is 10.1 Å². The van der Waals surface area contributed by atoms with E-state index in [2.05, 4.69) is 5.32 Å². The van der Waals surface area contributed by atoms with Gasteiger partial charge in [-0.25, -0.2) is 9.18 Å². The first-order valence-electron chi connectivity index (χ1n) is 10.2. The molecule has 3 fully saturated rings. The van der Waals surface area contributed by atoms with Crippen molar-refractivity contribution in [2.24, 2.45) is 5.92 Å². The lowest BCUT2D eigenvalue weighted by molar-refractivity contribution is 0.0694. The summed E-state index contributed by atoms with van der Waals surface area (Å²) in [5.41, 5.74) is -0.155. The fourth-order valence-electron chi connectivity index (χ4n) is 4.95. The molecule has 1 aromatic carbocycles. The van der Waals surface area contributed by atoms with Gasteiger partial charge in [0.2, 0.25) is 5.43 Å². The highest BCUT2D eigenvalue weighted by atomic mass is 35.5. The summed E-state index contributed by atoms with van der Waals surface area (Å²) in [6.45, 7) is 2.40. The van der Waals surface area contributed by atoms with Gasteiger partial charge in [0, 0.05) is 31.4 Å². The summed E-state index contributed by atoms with van der Waals surface area (Å²) in [4.78, 5) is 26.4. The Bertz CT molecular complexity index is 1060. The molecule has 1 aliphatic carbocycles. The highest BCUT2D eigenvalue weighted by Crippen LogP contribution is 2.45. The van der Waals surface area contributed by atoms with Gasteiger partial charge in [-0.15, -0.1) is 12.4 Å². The molecule has 3 heterocycles. The number of piperidine rings is 1. The normalized spacial score (nSPS) is 22.5. The molecule has 5 rings (SSSR count). The molecule has 31 heavy (non-hydrogen) atoms. The van der Waals surface area contributed by atoms with Crippen LogP contribution < -0.4 is 20.4 Å². The summed E-state index contributed by atoms with van der Waals surface area (Å²) in [7, 11) is 1.48. The van der Waals surface area contributed by atoms with Crippen LogP contribution in [0.5, 0.6) is 5.75 Å². The van der Waals surface area contributed by atoms with Crippen molar-refractivity contribution in [3.63, 3.8) is 0 Å². The Morgan fingerprint density at radius 2 is 2.03 bits per heavy atom. The highest BCUT2D eigenvalue weighted by molar-refractivity contribution is 5.97. The van der Waals surface area contributed by atoms with Crippen molar-refractivity contribution in [2.45, 2.75) is 37.8 Å². The largest absolute Gasteiger partial charge is 0.492 e. The number of nitrogens with zero attached hydrogens (tertiary/aromatic N) is 2. The third kappa shape index (κ3) is 3.75. The van der Waals surface area contributed by atoms with E-state index in [1.165, 1.54) is 19.4 Å². The summed E-state index contributed by atoms with van der Waals surface area (Å²) in [6, 6.07) is 1.62. The van der Waals surface area contributed by atoms with Gasteiger partial charge in [0.05, 0.1) is 18.0 Å². The first kappa shape index (κ1) is 23.3. The SMILES string of the molecule is COc1c(N2CC3CCCNC3C2)c(F)cc2c(=O)c(C(=O)O)cn(C3CC3)c12.Cl.O. The van der Waals surface area contributed by atoms with E-state index in [-0.39, 0.29) is 34.9 Å². The molecule has 2 atom stereocenters. The van der Waals surface area contributed by atoms with Crippen LogP contribution in [0.3, 0.4) is 0 Å². The van der Waals surface area contributed by atoms with E-state index in [9.17, 15) is 14.7 Å². The van der Waals surface area contributed by atoms with Gasteiger partial charge < -0.3 is 30.1 Å². The third-order valence-corrected chi connectivity index (χ3v) is 6.49. The Balaban J connectivity index is 0.00000136. The van der Waals surface area contributed by atoms with E-state index >= 15 is 4.39 Å². The summed E-state index contributed by atoms with van der Waals surface area (Å²) < 4.78 is 22.8. The second kappa shape index (κ2) is 8.64. The molecule has 0 spiro atoms. The van der Waals surface area contributed by atoms with Crippen LogP contribution in [0.2, 0.25) is 0 Å². The lowest BCUT2D eigenvalue weighted by Gasteiger charge is -2.25. The number of nitrogens with one attached hydrogen (secondary N) is 1. The van der Waals surface area contributed by atoms with Gasteiger partial charge >= 0.3 is 5.97 Å². The summed E-state index contributed by atoms with van der Waals surface area (Å²) in [5, 5.41) is 13.0. The van der Waals surface area contributed by atoms with Gasteiger partial charge in [0.1, 0.15) is 11.3 Å². The number of hydrogen-bond acceptors (Lipinski definition) is 5. The molecular weight excluding hydrogens is 429 g/mol. The van der Waals surface area contributed by atoms with Crippen molar-refractivity contribution >= 4 is 35.0 Å². The molecule has 3 aliphatic rings. The zero-order valence-corrected chi connectivity index (χ0v) is 18.0. The molecule has 2 unspecified atom stereocenters. The van der Waals surface area contributed by atoms with Crippen LogP contribution in [0.25, 0.3) is 10.9 Å². The fourth-order valence-corrected chi connectivity index (χ4v) is 4.95. The van der Waals surface area contributed by atoms with E-state index in [0.29, 0.717) is 35.5 Å². The van der Waals surface area contributed by atoms with E-state index in [1.807, 2.05) is 4.90 Å². The zero-order chi connectivity index (χ0) is 20.3. The van der Waals surface area contributed by atoms with Crippen LogP contribution in [-0.4, -0.2) is 53.9 Å². The first-order chi connectivity index (χ1) is 14.0. The second-order valence-electron chi connectivity index (χ2n) is 8.32. The Morgan fingerprint density at radius 3 is 2.65 bits per heavy atom. The quantitative estimate of drug-likeness (QED) is 0.728. The predicted octanol–water partition coefficient (Wildman–Crippen LogP) is 1.97. The molecule has 8 nitrogen and oxygen atoms in total. The number of ether oxygens (including phenoxy) is 1. The number of rotatable bonds is 4. The Kier molecular flexibility index (Phi) is 6.50. The summed E-state index contributed by atoms with van der Waals surface area (Å²) >= 11 is 0. The van der Waals surface area contributed by atoms with E-state index in [0.717, 1.165) is 38.8 Å². The van der Waals surface area contributed by atoms with Crippen molar-refractivity contribution < 1.29 is 24.5 Å². The molecule has 2 saturated heterocycles. The summed E-state index contributed by atoms with van der Waals surface area (Å²) in [5.74, 6) is -1.07. The van der Waals surface area contributed by atoms with Crippen molar-refractivity contribution in [3.05, 3.63) is 33.9 Å². The number of carboxylic acids is 1. The minimum atomic E-state index is -1.30. The van der Waals surface area contributed by atoms with Gasteiger partial charge in [-0.3, -0.25) is 4.79 Å². The number of methoxy groups -OCH3 is 1. The number of pyridine rings is 1. The number of halogens is 2. The van der Waals surface area contributed by atoms with Crippen LogP contribution in [0.15, 0.2) is 17.1 Å². The van der Waals surface area contributed by atoms with Crippen LogP contribution in [0, 0.1) is 11.7 Å². The molecule has 4 N–H and O–H groups in total. The molecule has 170 valence electrons. The number of aromatic carboxylic acids is 1. The topological polar surface area (TPSA) is 115 Å². The van der Waals surface area contributed by atoms with Gasteiger partial charge in [-0.1, -0.05) is 0 Å². The smallest absolute Gasteiger partial charge is 0.341 e. The molecule has 1 aromatic heterocycles. The number of anilines is 1. The second-order valence-corrected chi connectivity index (χ2v) is 8.32. The first-order valence-corrected chi connectivity index (χ1v) is 10.2. The van der Waals surface area contributed by atoms with Crippen molar-refractivity contribution in [1.29, 1.82) is 0 Å². The van der Waals surface area contributed by atoms with E-state index in [4.69, 9.17) is 4.74 Å². The van der Waals surface area contributed by atoms with Gasteiger partial charge in [0.15, 0.2) is 11.6 Å². The monoisotopic (exact) mass is 455 g/mol. The average molecular weight is 456 g/mol. The molecular formula is C21H27ClFN3O5. The molecule has 2 aromatic rings. The zero-order valence-electron chi connectivity index (χ0n) is 17.2. The minimum Gasteiger partial charge on any atom is -0.492 e. The van der Waals surface area contributed by atoms with Crippen LogP contribution in [-0.2, 0) is 0 Å². The molecule has 1 saturated carbocycles. The third-order valence-electron chi connectivity index (χ3n) is 6.49. The molecule has 10 heteroatoms. The maximum absolute atomic E-state index is 15.3. The molecule has 0 amide bonds. The fraction of sp³-hybridized carbons (Fsp3) is 0.524. The number of benzene rings is 1. The number of carboxylic acid groups (broad SMARTS) is 1. The van der Waals surface area contributed by atoms with Crippen LogP contribution in [0.1, 0.15) is 42.1 Å². The van der Waals surface area contributed by atoms with Gasteiger partial charge in [-0.05, 0) is 44.2 Å². The highest BCUT2D eigenvalue weighted by Gasteiger charge is 2.38. The summed E-state index contributed by atoms with van der Waals surface area (Å²) in [6.07, 6.45) is 5.40. The van der Waals surface area contributed by atoms with Gasteiger partial charge in [0.25, 0.3) is 0 Å². The number of hydrogen-bond donors (Lipinski definition) is 2.